The Balaban J connectivity index is 1.51. The van der Waals surface area contributed by atoms with Crippen LogP contribution in [0.25, 0.3) is 0 Å². The van der Waals surface area contributed by atoms with Crippen LogP contribution in [0, 0.1) is 5.92 Å². The van der Waals surface area contributed by atoms with Crippen molar-refractivity contribution < 1.29 is 0 Å². The van der Waals surface area contributed by atoms with Crippen LogP contribution in [0.3, 0.4) is 0 Å². The molecule has 4 heterocycles. The van der Waals surface area contributed by atoms with Crippen molar-refractivity contribution in [2.75, 3.05) is 52.4 Å². The van der Waals surface area contributed by atoms with E-state index in [1.165, 1.54) is 5.57 Å². The van der Waals surface area contributed by atoms with Crippen LogP contribution >= 0.6 is 0 Å². The maximum atomic E-state index is 4.54. The molecular formula is C24H32N6. The lowest BCUT2D eigenvalue weighted by Crippen LogP contribution is -2.21. The normalized spacial score (nSPS) is 21.7. The Hall–Kier alpha value is -2.70. The van der Waals surface area contributed by atoms with E-state index in [1.807, 2.05) is 18.6 Å². The number of rotatable bonds is 0. The second kappa shape index (κ2) is 13.5. The highest BCUT2D eigenvalue weighted by atomic mass is 14.9. The summed E-state index contributed by atoms with van der Waals surface area (Å²) in [4.78, 5) is 18.0. The van der Waals surface area contributed by atoms with Crippen LogP contribution in [-0.2, 0) is 0 Å². The SMILES string of the molecule is C1=CC2C=NCCNCCN=Cc3ccc(cc3)C=NCCNCCN=CC1=CC2. The topological polar surface area (TPSA) is 73.5 Å². The molecule has 0 aromatic heterocycles. The van der Waals surface area contributed by atoms with Gasteiger partial charge in [-0.25, -0.2) is 0 Å². The predicted octanol–water partition coefficient (Wildman–Crippen LogP) is 2.36. The zero-order chi connectivity index (χ0) is 20.7. The molecule has 1 aromatic carbocycles. The minimum absolute atomic E-state index is 0.388. The molecule has 0 radical (unpaired) electrons. The van der Waals surface area contributed by atoms with Gasteiger partial charge in [0.05, 0.1) is 26.2 Å². The summed E-state index contributed by atoms with van der Waals surface area (Å²) in [7, 11) is 0. The van der Waals surface area contributed by atoms with E-state index in [0.717, 1.165) is 69.9 Å². The van der Waals surface area contributed by atoms with Gasteiger partial charge in [-0.2, -0.15) is 0 Å². The first kappa shape index (κ1) is 22.0. The van der Waals surface area contributed by atoms with Crippen LogP contribution in [0.1, 0.15) is 17.5 Å². The summed E-state index contributed by atoms with van der Waals surface area (Å²) in [6.07, 6.45) is 15.4. The van der Waals surface area contributed by atoms with E-state index in [9.17, 15) is 0 Å². The summed E-state index contributed by atoms with van der Waals surface area (Å²) in [5.74, 6) is 0.388. The van der Waals surface area contributed by atoms with Gasteiger partial charge in [0.1, 0.15) is 0 Å². The molecule has 6 nitrogen and oxygen atoms in total. The first-order valence-electron chi connectivity index (χ1n) is 10.8. The Labute approximate surface area is 179 Å². The molecule has 6 heteroatoms. The third-order valence-electron chi connectivity index (χ3n) is 4.79. The van der Waals surface area contributed by atoms with Crippen molar-refractivity contribution >= 4 is 24.9 Å². The zero-order valence-corrected chi connectivity index (χ0v) is 17.6. The van der Waals surface area contributed by atoms with Gasteiger partial charge >= 0.3 is 0 Å². The highest BCUT2D eigenvalue weighted by Crippen LogP contribution is 2.13. The summed E-state index contributed by atoms with van der Waals surface area (Å²) in [5, 5.41) is 6.76. The van der Waals surface area contributed by atoms with E-state index in [-0.39, 0.29) is 0 Å². The lowest BCUT2D eigenvalue weighted by Gasteiger charge is -2.09. The van der Waals surface area contributed by atoms with E-state index >= 15 is 0 Å². The van der Waals surface area contributed by atoms with Gasteiger partial charge in [0.2, 0.25) is 0 Å². The van der Waals surface area contributed by atoms with Crippen molar-refractivity contribution in [2.24, 2.45) is 25.9 Å². The predicted molar refractivity (Wildman–Crippen MR) is 129 cm³/mol. The minimum atomic E-state index is 0.388. The summed E-state index contributed by atoms with van der Waals surface area (Å²) < 4.78 is 0. The van der Waals surface area contributed by atoms with Crippen LogP contribution in [-0.4, -0.2) is 77.2 Å². The average Bonchev–Trinajstić information content (AvgIpc) is 2.78. The fraction of sp³-hybridized carbons (Fsp3) is 0.417. The van der Waals surface area contributed by atoms with Crippen molar-refractivity contribution in [3.63, 3.8) is 0 Å². The number of allylic oxidation sites excluding steroid dienone is 4. The molecular weight excluding hydrogens is 372 g/mol. The molecule has 4 bridgehead atoms. The lowest BCUT2D eigenvalue weighted by atomic mass is 9.98. The molecule has 0 amide bonds. The highest BCUT2D eigenvalue weighted by molar-refractivity contribution is 5.84. The minimum Gasteiger partial charge on any atom is -0.313 e. The van der Waals surface area contributed by atoms with Gasteiger partial charge < -0.3 is 10.6 Å². The van der Waals surface area contributed by atoms with E-state index in [2.05, 4.69) is 79.3 Å². The van der Waals surface area contributed by atoms with Gasteiger partial charge in [-0.05, 0) is 23.1 Å². The molecule has 158 valence electrons. The smallest absolute Gasteiger partial charge is 0.0514 e. The molecule has 1 atom stereocenters. The molecule has 1 aliphatic carbocycles. The van der Waals surface area contributed by atoms with Gasteiger partial charge in [-0.15, -0.1) is 0 Å². The number of benzene rings is 1. The molecule has 0 saturated carbocycles. The van der Waals surface area contributed by atoms with E-state index in [0.29, 0.717) is 5.92 Å². The van der Waals surface area contributed by atoms with Crippen LogP contribution in [0.15, 0.2) is 68.0 Å². The number of hydrogen-bond donors (Lipinski definition) is 2. The molecule has 0 fully saturated rings. The van der Waals surface area contributed by atoms with Gasteiger partial charge in [0, 0.05) is 57.0 Å². The molecule has 5 aliphatic rings. The monoisotopic (exact) mass is 404 g/mol. The third-order valence-corrected chi connectivity index (χ3v) is 4.79. The maximum Gasteiger partial charge on any atom is 0.0514 e. The van der Waals surface area contributed by atoms with Gasteiger partial charge in [-0.3, -0.25) is 20.0 Å². The fourth-order valence-electron chi connectivity index (χ4n) is 3.07. The lowest BCUT2D eigenvalue weighted by molar-refractivity contribution is 0.697. The third kappa shape index (κ3) is 8.76. The standard InChI is InChI=1S/C24H32N6/c1-2-22-4-3-21(1)17-27-13-9-25-11-15-29-19-23-5-7-24(8-6-23)20-30-16-12-26-10-14-28-18-22/h1-7,17-20,24-26H,8-16H2. The van der Waals surface area contributed by atoms with Gasteiger partial charge in [-0.1, -0.05) is 42.5 Å². The number of nitrogens with one attached hydrogen (secondary N) is 2. The Bertz CT molecular complexity index is 801. The fourth-order valence-corrected chi connectivity index (χ4v) is 3.07. The molecule has 1 aromatic rings. The Morgan fingerprint density at radius 2 is 1.20 bits per heavy atom. The quantitative estimate of drug-likeness (QED) is 0.697. The molecule has 6 rings (SSSR count). The largest absolute Gasteiger partial charge is 0.313 e. The van der Waals surface area contributed by atoms with E-state index < -0.39 is 0 Å². The summed E-state index contributed by atoms with van der Waals surface area (Å²) in [6, 6.07) is 8.30. The number of hydrogen-bond acceptors (Lipinski definition) is 6. The molecule has 30 heavy (non-hydrogen) atoms. The summed E-state index contributed by atoms with van der Waals surface area (Å²) >= 11 is 0. The summed E-state index contributed by atoms with van der Waals surface area (Å²) in [5.41, 5.74) is 3.40. The van der Waals surface area contributed by atoms with Gasteiger partial charge in [0.25, 0.3) is 0 Å². The van der Waals surface area contributed by atoms with Crippen LogP contribution in [0.5, 0.6) is 0 Å². The van der Waals surface area contributed by atoms with Crippen LogP contribution < -0.4 is 10.6 Å². The molecule has 0 saturated heterocycles. The van der Waals surface area contributed by atoms with Gasteiger partial charge in [0.15, 0.2) is 0 Å². The van der Waals surface area contributed by atoms with Crippen molar-refractivity contribution in [3.05, 3.63) is 59.2 Å². The maximum absolute atomic E-state index is 4.54. The van der Waals surface area contributed by atoms with Crippen molar-refractivity contribution in [1.82, 2.24) is 10.6 Å². The molecule has 0 spiro atoms. The molecule has 2 N–H and O–H groups in total. The van der Waals surface area contributed by atoms with Crippen molar-refractivity contribution in [1.29, 1.82) is 0 Å². The van der Waals surface area contributed by atoms with Crippen LogP contribution in [0.2, 0.25) is 0 Å². The Morgan fingerprint density at radius 3 is 1.73 bits per heavy atom. The number of nitrogens with zero attached hydrogens (tertiary/aromatic N) is 4. The first-order valence-corrected chi connectivity index (χ1v) is 10.8. The first-order chi connectivity index (χ1) is 14.9. The molecule has 1 unspecified atom stereocenters. The van der Waals surface area contributed by atoms with Crippen molar-refractivity contribution in [3.8, 4) is 0 Å². The highest BCUT2D eigenvalue weighted by Gasteiger charge is 2.04. The second-order valence-corrected chi connectivity index (χ2v) is 7.29. The van der Waals surface area contributed by atoms with E-state index in [1.54, 1.807) is 0 Å². The number of aliphatic imine (C=N–C) groups is 4. The second-order valence-electron chi connectivity index (χ2n) is 7.29. The molecule has 4 aliphatic heterocycles. The Kier molecular flexibility index (Phi) is 9.91. The average molecular weight is 405 g/mol. The van der Waals surface area contributed by atoms with Crippen LogP contribution in [0.4, 0.5) is 0 Å². The van der Waals surface area contributed by atoms with Crippen molar-refractivity contribution in [2.45, 2.75) is 6.42 Å². The Morgan fingerprint density at radius 1 is 0.667 bits per heavy atom. The van der Waals surface area contributed by atoms with E-state index in [4.69, 9.17) is 0 Å². The summed E-state index contributed by atoms with van der Waals surface area (Å²) in [6.45, 7) is 6.54. The zero-order valence-electron chi connectivity index (χ0n) is 17.6.